The van der Waals surface area contributed by atoms with Gasteiger partial charge in [-0.2, -0.15) is 0 Å². The van der Waals surface area contributed by atoms with E-state index in [2.05, 4.69) is 6.92 Å². The third-order valence-corrected chi connectivity index (χ3v) is 3.71. The monoisotopic (exact) mass is 322 g/mol. The molecule has 0 radical (unpaired) electrons. The third kappa shape index (κ3) is 7.93. The van der Waals surface area contributed by atoms with Crippen LogP contribution in [0.4, 0.5) is 4.39 Å². The molecule has 128 valence electrons. The Morgan fingerprint density at radius 1 is 1.30 bits per heavy atom. The predicted octanol–water partition coefficient (Wildman–Crippen LogP) is 4.53. The van der Waals surface area contributed by atoms with Crippen LogP contribution in [0.5, 0.6) is 5.75 Å². The first-order chi connectivity index (χ1) is 11.1. The van der Waals surface area contributed by atoms with Gasteiger partial charge >= 0.3 is 0 Å². The van der Waals surface area contributed by atoms with Gasteiger partial charge in [0.15, 0.2) is 17.3 Å². The Kier molecular flexibility index (Phi) is 9.22. The fourth-order valence-corrected chi connectivity index (χ4v) is 2.36. The lowest BCUT2D eigenvalue weighted by Crippen LogP contribution is -2.11. The molecule has 1 aromatic carbocycles. The van der Waals surface area contributed by atoms with Crippen LogP contribution in [-0.2, 0) is 4.79 Å². The fourth-order valence-electron chi connectivity index (χ4n) is 2.36. The first kappa shape index (κ1) is 19.4. The van der Waals surface area contributed by atoms with Crippen molar-refractivity contribution in [2.24, 2.45) is 0 Å². The van der Waals surface area contributed by atoms with Crippen molar-refractivity contribution >= 4 is 11.9 Å². The maximum absolute atomic E-state index is 13.3. The summed E-state index contributed by atoms with van der Waals surface area (Å²) in [5.74, 6) is -0.421. The van der Waals surface area contributed by atoms with Gasteiger partial charge < -0.3 is 9.84 Å². The van der Waals surface area contributed by atoms with Crippen LogP contribution in [-0.4, -0.2) is 24.1 Å². The van der Waals surface area contributed by atoms with Gasteiger partial charge in [0, 0.05) is 6.42 Å². The van der Waals surface area contributed by atoms with Gasteiger partial charge in [0.25, 0.3) is 0 Å². The number of hydrogen-bond acceptors (Lipinski definition) is 3. The highest BCUT2D eigenvalue weighted by atomic mass is 19.1. The number of ketones is 1. The van der Waals surface area contributed by atoms with Crippen molar-refractivity contribution in [2.45, 2.75) is 58.0 Å². The molecule has 1 atom stereocenters. The largest absolute Gasteiger partial charge is 0.494 e. The number of halogens is 1. The van der Waals surface area contributed by atoms with Crippen molar-refractivity contribution in [3.8, 4) is 5.75 Å². The van der Waals surface area contributed by atoms with Crippen molar-refractivity contribution in [3.63, 3.8) is 0 Å². The highest BCUT2D eigenvalue weighted by Crippen LogP contribution is 2.19. The summed E-state index contributed by atoms with van der Waals surface area (Å²) in [7, 11) is 1.40. The second-order valence-electron chi connectivity index (χ2n) is 5.75. The average Bonchev–Trinajstić information content (AvgIpc) is 2.54. The number of ether oxygens (including phenoxy) is 1. The van der Waals surface area contributed by atoms with Gasteiger partial charge in [-0.1, -0.05) is 51.2 Å². The molecule has 0 aliphatic heterocycles. The molecule has 0 amide bonds. The van der Waals surface area contributed by atoms with E-state index in [1.165, 1.54) is 44.6 Å². The molecule has 1 N–H and O–H groups in total. The first-order valence-electron chi connectivity index (χ1n) is 8.29. The Hall–Kier alpha value is -1.68. The molecule has 23 heavy (non-hydrogen) atoms. The average molecular weight is 322 g/mol. The van der Waals surface area contributed by atoms with E-state index in [0.717, 1.165) is 12.8 Å². The topological polar surface area (TPSA) is 46.5 Å². The van der Waals surface area contributed by atoms with E-state index in [1.54, 1.807) is 12.1 Å². The Morgan fingerprint density at radius 2 is 2.04 bits per heavy atom. The Morgan fingerprint density at radius 3 is 2.74 bits per heavy atom. The normalized spacial score (nSPS) is 12.5. The van der Waals surface area contributed by atoms with Crippen LogP contribution in [0, 0.1) is 5.82 Å². The van der Waals surface area contributed by atoms with E-state index in [0.29, 0.717) is 12.0 Å². The van der Waals surface area contributed by atoms with Gasteiger partial charge in [0.1, 0.15) is 0 Å². The summed E-state index contributed by atoms with van der Waals surface area (Å²) in [5.41, 5.74) is 0.686. The summed E-state index contributed by atoms with van der Waals surface area (Å²) in [6.07, 6.45) is 8.89. The molecule has 0 spiro atoms. The van der Waals surface area contributed by atoms with Gasteiger partial charge in [-0.25, -0.2) is 4.39 Å². The molecule has 1 aromatic rings. The summed E-state index contributed by atoms with van der Waals surface area (Å²) in [4.78, 5) is 11.8. The highest BCUT2D eigenvalue weighted by Gasteiger charge is 2.08. The minimum absolute atomic E-state index is 0.128. The summed E-state index contributed by atoms with van der Waals surface area (Å²) in [5, 5.41) is 9.87. The maximum Gasteiger partial charge on any atom is 0.165 e. The third-order valence-electron chi connectivity index (χ3n) is 3.71. The molecule has 0 bridgehead atoms. The molecule has 0 aliphatic rings. The van der Waals surface area contributed by atoms with Crippen LogP contribution in [0.15, 0.2) is 24.3 Å². The lowest BCUT2D eigenvalue weighted by Gasteiger charge is -2.08. The number of hydrogen-bond donors (Lipinski definition) is 1. The number of methoxy groups -OCH3 is 1. The lowest BCUT2D eigenvalue weighted by molar-refractivity contribution is -0.116. The van der Waals surface area contributed by atoms with Gasteiger partial charge in [0.05, 0.1) is 13.2 Å². The molecule has 0 aromatic heterocycles. The second-order valence-corrected chi connectivity index (χ2v) is 5.75. The van der Waals surface area contributed by atoms with Gasteiger partial charge in [0.2, 0.25) is 0 Å². The van der Waals surface area contributed by atoms with E-state index < -0.39 is 11.9 Å². The molecular weight excluding hydrogens is 295 g/mol. The zero-order valence-electron chi connectivity index (χ0n) is 14.1. The summed E-state index contributed by atoms with van der Waals surface area (Å²) < 4.78 is 18.2. The molecule has 1 unspecified atom stereocenters. The Labute approximate surface area is 138 Å². The molecule has 3 nitrogen and oxygen atoms in total. The summed E-state index contributed by atoms with van der Waals surface area (Å²) in [6, 6.07) is 4.41. The number of carbonyl (C=O) groups excluding carboxylic acids is 1. The number of carbonyl (C=O) groups is 1. The van der Waals surface area contributed by atoms with Gasteiger partial charge in [-0.05, 0) is 30.2 Å². The van der Waals surface area contributed by atoms with Gasteiger partial charge in [-0.15, -0.1) is 0 Å². The van der Waals surface area contributed by atoms with Crippen molar-refractivity contribution in [1.82, 2.24) is 0 Å². The van der Waals surface area contributed by atoms with Crippen molar-refractivity contribution in [1.29, 1.82) is 0 Å². The number of benzene rings is 1. The van der Waals surface area contributed by atoms with Crippen LogP contribution < -0.4 is 4.74 Å². The van der Waals surface area contributed by atoms with Crippen LogP contribution in [0.1, 0.15) is 57.4 Å². The standard InChI is InChI=1S/C19H27FO3/c1-3-4-5-6-7-8-16(21)14-17(22)11-9-15-10-12-18(20)19(13-15)23-2/h9-13,16,21H,3-8,14H2,1-2H3/b11-9+. The molecule has 0 heterocycles. The van der Waals surface area contributed by atoms with Crippen LogP contribution in [0.2, 0.25) is 0 Å². The lowest BCUT2D eigenvalue weighted by atomic mass is 10.0. The zero-order chi connectivity index (χ0) is 17.1. The highest BCUT2D eigenvalue weighted by molar-refractivity contribution is 5.93. The van der Waals surface area contributed by atoms with Crippen LogP contribution in [0.3, 0.4) is 0 Å². The Bertz CT molecular complexity index is 511. The number of unbranched alkanes of at least 4 members (excludes halogenated alkanes) is 4. The Balaban J connectivity index is 2.37. The molecule has 4 heteroatoms. The number of aliphatic hydroxyl groups is 1. The minimum atomic E-state index is -0.587. The van der Waals surface area contributed by atoms with E-state index in [1.807, 2.05) is 0 Å². The van der Waals surface area contributed by atoms with Crippen LogP contribution >= 0.6 is 0 Å². The second kappa shape index (κ2) is 10.9. The van der Waals surface area contributed by atoms with E-state index in [9.17, 15) is 14.3 Å². The van der Waals surface area contributed by atoms with E-state index >= 15 is 0 Å². The molecule has 0 fully saturated rings. The quantitative estimate of drug-likeness (QED) is 0.481. The molecule has 0 saturated heterocycles. The number of allylic oxidation sites excluding steroid dienone is 1. The minimum Gasteiger partial charge on any atom is -0.494 e. The summed E-state index contributed by atoms with van der Waals surface area (Å²) in [6.45, 7) is 2.16. The molecule has 0 saturated carbocycles. The van der Waals surface area contributed by atoms with Crippen molar-refractivity contribution in [2.75, 3.05) is 7.11 Å². The number of rotatable bonds is 11. The molecule has 0 aliphatic carbocycles. The zero-order valence-corrected chi connectivity index (χ0v) is 14.1. The smallest absolute Gasteiger partial charge is 0.165 e. The van der Waals surface area contributed by atoms with E-state index in [-0.39, 0.29) is 18.0 Å². The van der Waals surface area contributed by atoms with Crippen molar-refractivity contribution in [3.05, 3.63) is 35.7 Å². The van der Waals surface area contributed by atoms with Gasteiger partial charge in [-0.3, -0.25) is 4.79 Å². The molecular formula is C19H27FO3. The van der Waals surface area contributed by atoms with Crippen molar-refractivity contribution < 1.29 is 19.0 Å². The predicted molar refractivity (Wildman–Crippen MR) is 91.0 cm³/mol. The summed E-state index contributed by atoms with van der Waals surface area (Å²) >= 11 is 0. The van der Waals surface area contributed by atoms with Crippen LogP contribution in [0.25, 0.3) is 6.08 Å². The SMILES string of the molecule is CCCCCCCC(O)CC(=O)/C=C/c1ccc(F)c(OC)c1. The number of aliphatic hydroxyl groups excluding tert-OH is 1. The molecule has 1 rings (SSSR count). The van der Waals surface area contributed by atoms with E-state index in [4.69, 9.17) is 4.74 Å². The fraction of sp³-hybridized carbons (Fsp3) is 0.526. The maximum atomic E-state index is 13.3. The first-order valence-corrected chi connectivity index (χ1v) is 8.29.